The smallest absolute Gasteiger partial charge is 0.322 e. The number of rotatable bonds is 12. The Balaban J connectivity index is 2.03. The van der Waals surface area contributed by atoms with Crippen LogP contribution in [0.4, 0.5) is 5.82 Å². The van der Waals surface area contributed by atoms with Crippen LogP contribution in [0.3, 0.4) is 0 Å². The first-order valence-electron chi connectivity index (χ1n) is 12.0. The Kier molecular flexibility index (Phi) is 8.26. The first-order chi connectivity index (χ1) is 16.9. The van der Waals surface area contributed by atoms with E-state index in [0.717, 1.165) is 24.8 Å². The second-order valence-electron chi connectivity index (χ2n) is 9.77. The zero-order valence-corrected chi connectivity index (χ0v) is 22.1. The fourth-order valence-corrected chi connectivity index (χ4v) is 5.73. The normalized spacial score (nSPS) is 13.8. The average Bonchev–Trinajstić information content (AvgIpc) is 3.29. The molecule has 0 bridgehead atoms. The third kappa shape index (κ3) is 5.96. The number of anilines is 1. The lowest BCUT2D eigenvalue weighted by Gasteiger charge is -2.29. The number of benzene rings is 1. The van der Waals surface area contributed by atoms with Gasteiger partial charge in [0.15, 0.2) is 4.87 Å². The Hall–Kier alpha value is -3.17. The van der Waals surface area contributed by atoms with Crippen molar-refractivity contribution in [2.45, 2.75) is 68.8 Å². The number of carboxylic acid groups (broad SMARTS) is 1. The molecule has 9 heteroatoms. The summed E-state index contributed by atoms with van der Waals surface area (Å²) in [6.45, 7) is 7.86. The summed E-state index contributed by atoms with van der Waals surface area (Å²) in [4.78, 5) is 13.4. The average molecular weight is 514 g/mol. The summed E-state index contributed by atoms with van der Waals surface area (Å²) in [7, 11) is -4.23. The SMILES string of the molecule is CCCCC(C)(C)c1ccc(CC(N)(c2cccc(NCC(=O)O)n2)S(=O)(=O)c2ccc(C)o2)cc1. The van der Waals surface area contributed by atoms with E-state index >= 15 is 0 Å². The molecule has 2 aromatic heterocycles. The molecule has 1 unspecified atom stereocenters. The van der Waals surface area contributed by atoms with Gasteiger partial charge in [-0.15, -0.1) is 0 Å². The number of hydrogen-bond acceptors (Lipinski definition) is 7. The molecule has 194 valence electrons. The van der Waals surface area contributed by atoms with E-state index < -0.39 is 20.7 Å². The maximum Gasteiger partial charge on any atom is 0.322 e. The Morgan fingerprint density at radius 2 is 1.81 bits per heavy atom. The van der Waals surface area contributed by atoms with Gasteiger partial charge in [-0.3, -0.25) is 4.79 Å². The number of carbonyl (C=O) groups is 1. The lowest BCUT2D eigenvalue weighted by molar-refractivity contribution is -0.134. The third-order valence-corrected chi connectivity index (χ3v) is 8.48. The summed E-state index contributed by atoms with van der Waals surface area (Å²) in [6, 6.07) is 15.5. The number of furan rings is 1. The summed E-state index contributed by atoms with van der Waals surface area (Å²) in [5.41, 5.74) is 8.71. The maximum atomic E-state index is 13.8. The van der Waals surface area contributed by atoms with Crippen molar-refractivity contribution < 1.29 is 22.7 Å². The highest BCUT2D eigenvalue weighted by atomic mass is 32.2. The molecule has 0 aliphatic heterocycles. The number of aliphatic carboxylic acids is 1. The van der Waals surface area contributed by atoms with Crippen LogP contribution in [-0.2, 0) is 31.3 Å². The van der Waals surface area contributed by atoms with Gasteiger partial charge in [0.1, 0.15) is 18.1 Å². The summed E-state index contributed by atoms with van der Waals surface area (Å²) in [6.07, 6.45) is 3.24. The van der Waals surface area contributed by atoms with Gasteiger partial charge in [-0.1, -0.05) is 63.9 Å². The molecule has 0 aliphatic carbocycles. The molecule has 0 spiro atoms. The predicted molar refractivity (Wildman–Crippen MR) is 140 cm³/mol. The Morgan fingerprint density at radius 1 is 1.11 bits per heavy atom. The van der Waals surface area contributed by atoms with Gasteiger partial charge in [0.2, 0.25) is 14.9 Å². The number of aromatic nitrogens is 1. The number of aryl methyl sites for hydroxylation is 1. The Labute approximate surface area is 212 Å². The fourth-order valence-electron chi connectivity index (χ4n) is 4.13. The topological polar surface area (TPSA) is 136 Å². The van der Waals surface area contributed by atoms with Gasteiger partial charge in [-0.25, -0.2) is 13.4 Å². The minimum Gasteiger partial charge on any atom is -0.480 e. The highest BCUT2D eigenvalue weighted by molar-refractivity contribution is 7.92. The van der Waals surface area contributed by atoms with Crippen molar-refractivity contribution >= 4 is 21.6 Å². The number of sulfone groups is 1. The number of hydrogen-bond donors (Lipinski definition) is 3. The molecule has 36 heavy (non-hydrogen) atoms. The van der Waals surface area contributed by atoms with Gasteiger partial charge in [0.25, 0.3) is 0 Å². The van der Waals surface area contributed by atoms with Crippen molar-refractivity contribution in [3.05, 3.63) is 77.2 Å². The van der Waals surface area contributed by atoms with Crippen LogP contribution in [-0.4, -0.2) is 31.0 Å². The first kappa shape index (κ1) is 27.4. The summed E-state index contributed by atoms with van der Waals surface area (Å²) in [5.74, 6) is -0.412. The van der Waals surface area contributed by atoms with Gasteiger partial charge >= 0.3 is 5.97 Å². The van der Waals surface area contributed by atoms with Gasteiger partial charge in [-0.2, -0.15) is 0 Å². The van der Waals surface area contributed by atoms with E-state index in [0.29, 0.717) is 5.76 Å². The van der Waals surface area contributed by atoms with E-state index in [9.17, 15) is 13.2 Å². The van der Waals surface area contributed by atoms with E-state index in [1.165, 1.54) is 17.7 Å². The maximum absolute atomic E-state index is 13.8. The van der Waals surface area contributed by atoms with Crippen LogP contribution in [0.15, 0.2) is 64.1 Å². The summed E-state index contributed by atoms with van der Waals surface area (Å²) >= 11 is 0. The molecule has 2 heterocycles. The lowest BCUT2D eigenvalue weighted by atomic mass is 9.80. The zero-order valence-electron chi connectivity index (χ0n) is 21.2. The van der Waals surface area contributed by atoms with Gasteiger partial charge in [-0.05, 0) is 54.2 Å². The number of nitrogens with two attached hydrogens (primary N) is 1. The molecule has 0 amide bonds. The second-order valence-corrected chi connectivity index (χ2v) is 11.9. The zero-order chi connectivity index (χ0) is 26.6. The molecule has 0 radical (unpaired) electrons. The van der Waals surface area contributed by atoms with Crippen molar-refractivity contribution in [1.82, 2.24) is 4.98 Å². The van der Waals surface area contributed by atoms with E-state index in [1.54, 1.807) is 25.1 Å². The van der Waals surface area contributed by atoms with Crippen molar-refractivity contribution in [3.8, 4) is 0 Å². The van der Waals surface area contributed by atoms with E-state index in [4.69, 9.17) is 15.3 Å². The number of pyridine rings is 1. The molecule has 1 aromatic carbocycles. The van der Waals surface area contributed by atoms with E-state index in [-0.39, 0.29) is 35.0 Å². The monoisotopic (exact) mass is 513 g/mol. The standard InChI is InChI=1S/C27H35N3O5S/c1-5-6-16-26(3,4)21-13-11-20(12-14-21)17-27(28,36(33,34)25-15-10-19(2)35-25)22-8-7-9-23(30-22)29-18-24(31)32/h7-15H,5-6,16-18,28H2,1-4H3,(H,29,30)(H,31,32). The minimum absolute atomic E-state index is 0.00217. The lowest BCUT2D eigenvalue weighted by Crippen LogP contribution is -2.47. The molecule has 4 N–H and O–H groups in total. The van der Waals surface area contributed by atoms with E-state index in [2.05, 4.69) is 31.1 Å². The van der Waals surface area contributed by atoms with Crippen molar-refractivity contribution in [2.24, 2.45) is 5.73 Å². The van der Waals surface area contributed by atoms with Crippen LogP contribution in [0.5, 0.6) is 0 Å². The van der Waals surface area contributed by atoms with Crippen LogP contribution >= 0.6 is 0 Å². The number of carboxylic acids is 1. The highest BCUT2D eigenvalue weighted by Crippen LogP contribution is 2.36. The quantitative estimate of drug-likeness (QED) is 0.315. The summed E-state index contributed by atoms with van der Waals surface area (Å²) < 4.78 is 33.1. The summed E-state index contributed by atoms with van der Waals surface area (Å²) in [5, 5.41) is 11.4. The molecule has 0 fully saturated rings. The first-order valence-corrected chi connectivity index (χ1v) is 13.5. The second kappa shape index (κ2) is 10.8. The molecule has 0 aliphatic rings. The number of nitrogens with zero attached hydrogens (tertiary/aromatic N) is 1. The highest BCUT2D eigenvalue weighted by Gasteiger charge is 2.46. The van der Waals surface area contributed by atoms with Gasteiger partial charge in [0, 0.05) is 6.42 Å². The third-order valence-electron chi connectivity index (χ3n) is 6.42. The van der Waals surface area contributed by atoms with Crippen LogP contribution in [0, 0.1) is 6.92 Å². The largest absolute Gasteiger partial charge is 0.480 e. The number of nitrogens with one attached hydrogen (secondary N) is 1. The van der Waals surface area contributed by atoms with Crippen molar-refractivity contribution in [1.29, 1.82) is 0 Å². The van der Waals surface area contributed by atoms with Crippen LogP contribution in [0.25, 0.3) is 0 Å². The molecule has 0 saturated carbocycles. The van der Waals surface area contributed by atoms with Crippen LogP contribution in [0.1, 0.15) is 62.6 Å². The predicted octanol–water partition coefficient (Wildman–Crippen LogP) is 4.78. The molecule has 1 atom stereocenters. The molecule has 0 saturated heterocycles. The fraction of sp³-hybridized carbons (Fsp3) is 0.407. The van der Waals surface area contributed by atoms with Gasteiger partial charge in [0.05, 0.1) is 5.69 Å². The molecule has 8 nitrogen and oxygen atoms in total. The van der Waals surface area contributed by atoms with Crippen molar-refractivity contribution in [2.75, 3.05) is 11.9 Å². The van der Waals surface area contributed by atoms with Gasteiger partial charge < -0.3 is 20.6 Å². The molecular weight excluding hydrogens is 478 g/mol. The molecular formula is C27H35N3O5S. The molecule has 3 aromatic rings. The van der Waals surface area contributed by atoms with Crippen LogP contribution < -0.4 is 11.1 Å². The van der Waals surface area contributed by atoms with Crippen molar-refractivity contribution in [3.63, 3.8) is 0 Å². The Bertz CT molecular complexity index is 1300. The Morgan fingerprint density at radius 3 is 2.39 bits per heavy atom. The number of unbranched alkanes of at least 4 members (excludes halogenated alkanes) is 1. The minimum atomic E-state index is -4.23. The molecule has 3 rings (SSSR count). The van der Waals surface area contributed by atoms with E-state index in [1.807, 2.05) is 24.3 Å². The van der Waals surface area contributed by atoms with Crippen LogP contribution in [0.2, 0.25) is 0 Å².